The van der Waals surface area contributed by atoms with Crippen molar-refractivity contribution >= 4 is 29.4 Å². The standard InChI is InChI=1S/C23H22ClF4N7O2/c24-15-7-5-14(6-8-15)20(29)34(13-18(36)23(26,27)28)22(37)30-12-19-31-21(33-9-2-10-33)35(32-19)17-4-1-3-16(25)11-17/h1,3-8,11,18,29,36H,2,9-10,12-13H2,(H,30,37)/t18-/m0/s1. The molecule has 2 aromatic carbocycles. The Morgan fingerprint density at radius 3 is 2.51 bits per heavy atom. The fraction of sp³-hybridized carbons (Fsp3) is 0.304. The second-order valence-electron chi connectivity index (χ2n) is 8.24. The molecule has 0 unspecified atom stereocenters. The molecule has 0 aliphatic carbocycles. The molecular weight excluding hydrogens is 518 g/mol. The third-order valence-corrected chi connectivity index (χ3v) is 5.84. The Labute approximate surface area is 213 Å². The average molecular weight is 540 g/mol. The Hall–Kier alpha value is -3.71. The van der Waals surface area contributed by atoms with Gasteiger partial charge in [0.15, 0.2) is 11.9 Å². The largest absolute Gasteiger partial charge is 0.416 e. The number of amidine groups is 1. The van der Waals surface area contributed by atoms with E-state index in [1.807, 2.05) is 4.90 Å². The zero-order chi connectivity index (χ0) is 26.7. The van der Waals surface area contributed by atoms with Crippen LogP contribution >= 0.6 is 11.6 Å². The molecule has 2 amide bonds. The molecule has 37 heavy (non-hydrogen) atoms. The molecule has 14 heteroatoms. The number of amides is 2. The lowest BCUT2D eigenvalue weighted by Crippen LogP contribution is -2.50. The molecule has 196 valence electrons. The zero-order valence-electron chi connectivity index (χ0n) is 19.2. The van der Waals surface area contributed by atoms with Gasteiger partial charge in [0, 0.05) is 23.7 Å². The number of alkyl halides is 3. The van der Waals surface area contributed by atoms with Gasteiger partial charge in [0.25, 0.3) is 0 Å². The summed E-state index contributed by atoms with van der Waals surface area (Å²) in [5.41, 5.74) is 0.522. The third-order valence-electron chi connectivity index (χ3n) is 5.59. The SMILES string of the molecule is N=C(c1ccc(Cl)cc1)N(C[C@H](O)C(F)(F)F)C(=O)NCc1nc(N2CCC2)n(-c2cccc(F)c2)n1. The van der Waals surface area contributed by atoms with E-state index in [-0.39, 0.29) is 17.9 Å². The summed E-state index contributed by atoms with van der Waals surface area (Å²) in [6, 6.07) is 10.2. The van der Waals surface area contributed by atoms with Gasteiger partial charge in [0.2, 0.25) is 5.95 Å². The van der Waals surface area contributed by atoms with E-state index in [4.69, 9.17) is 17.0 Å². The molecule has 1 aliphatic heterocycles. The van der Waals surface area contributed by atoms with E-state index >= 15 is 0 Å². The lowest BCUT2D eigenvalue weighted by molar-refractivity contribution is -0.204. The van der Waals surface area contributed by atoms with Gasteiger partial charge in [0.05, 0.1) is 18.8 Å². The van der Waals surface area contributed by atoms with Crippen LogP contribution < -0.4 is 10.2 Å². The van der Waals surface area contributed by atoms with Crippen molar-refractivity contribution in [2.75, 3.05) is 24.5 Å². The van der Waals surface area contributed by atoms with Crippen molar-refractivity contribution in [1.82, 2.24) is 25.0 Å². The highest BCUT2D eigenvalue weighted by atomic mass is 35.5. The van der Waals surface area contributed by atoms with E-state index < -0.39 is 36.5 Å². The van der Waals surface area contributed by atoms with Crippen molar-refractivity contribution in [3.63, 3.8) is 0 Å². The van der Waals surface area contributed by atoms with Crippen LogP contribution in [0.25, 0.3) is 5.69 Å². The Morgan fingerprint density at radius 2 is 1.92 bits per heavy atom. The summed E-state index contributed by atoms with van der Waals surface area (Å²) < 4.78 is 54.3. The molecule has 1 atom stereocenters. The average Bonchev–Trinajstić information content (AvgIpc) is 3.22. The van der Waals surface area contributed by atoms with Crippen molar-refractivity contribution in [1.29, 1.82) is 5.41 Å². The van der Waals surface area contributed by atoms with Crippen molar-refractivity contribution < 1.29 is 27.5 Å². The van der Waals surface area contributed by atoms with Crippen molar-refractivity contribution in [3.05, 3.63) is 70.8 Å². The summed E-state index contributed by atoms with van der Waals surface area (Å²) in [4.78, 5) is 19.7. The van der Waals surface area contributed by atoms with E-state index in [1.54, 1.807) is 6.07 Å². The van der Waals surface area contributed by atoms with Gasteiger partial charge >= 0.3 is 12.2 Å². The number of anilines is 1. The van der Waals surface area contributed by atoms with Crippen LogP contribution in [0.1, 0.15) is 17.8 Å². The van der Waals surface area contributed by atoms with Gasteiger partial charge in [-0.05, 0) is 48.9 Å². The summed E-state index contributed by atoms with van der Waals surface area (Å²) in [5.74, 6) is -0.498. The van der Waals surface area contributed by atoms with Gasteiger partial charge in [-0.1, -0.05) is 17.7 Å². The molecule has 3 aromatic rings. The molecule has 0 radical (unpaired) electrons. The summed E-state index contributed by atoms with van der Waals surface area (Å²) >= 11 is 5.83. The van der Waals surface area contributed by atoms with Gasteiger partial charge in [-0.15, -0.1) is 5.10 Å². The molecule has 0 spiro atoms. The lowest BCUT2D eigenvalue weighted by atomic mass is 10.2. The highest BCUT2D eigenvalue weighted by molar-refractivity contribution is 6.30. The maximum atomic E-state index is 13.8. The number of nitrogens with zero attached hydrogens (tertiary/aromatic N) is 5. The van der Waals surface area contributed by atoms with Gasteiger partial charge in [-0.2, -0.15) is 22.8 Å². The molecule has 3 N–H and O–H groups in total. The predicted molar refractivity (Wildman–Crippen MR) is 127 cm³/mol. The van der Waals surface area contributed by atoms with Crippen LogP contribution in [0.4, 0.5) is 28.3 Å². The summed E-state index contributed by atoms with van der Waals surface area (Å²) in [6.45, 7) is -0.0855. The van der Waals surface area contributed by atoms with Crippen LogP contribution in [-0.2, 0) is 6.54 Å². The number of hydrogen-bond donors (Lipinski definition) is 3. The van der Waals surface area contributed by atoms with Gasteiger partial charge in [-0.3, -0.25) is 10.3 Å². The Bertz CT molecular complexity index is 1280. The minimum atomic E-state index is -5.00. The van der Waals surface area contributed by atoms with Crippen LogP contribution in [0, 0.1) is 11.2 Å². The van der Waals surface area contributed by atoms with Crippen molar-refractivity contribution in [3.8, 4) is 5.69 Å². The monoisotopic (exact) mass is 539 g/mol. The first-order valence-corrected chi connectivity index (χ1v) is 11.5. The van der Waals surface area contributed by atoms with Crippen LogP contribution in [0.3, 0.4) is 0 Å². The molecule has 1 fully saturated rings. The fourth-order valence-electron chi connectivity index (χ4n) is 3.49. The van der Waals surface area contributed by atoms with Crippen LogP contribution in [0.5, 0.6) is 0 Å². The smallest absolute Gasteiger partial charge is 0.382 e. The minimum Gasteiger partial charge on any atom is -0.382 e. The van der Waals surface area contributed by atoms with Gasteiger partial charge in [0.1, 0.15) is 11.7 Å². The number of urea groups is 1. The number of hydrogen-bond acceptors (Lipinski definition) is 6. The molecule has 0 saturated carbocycles. The molecule has 1 saturated heterocycles. The first-order chi connectivity index (χ1) is 17.5. The number of aliphatic hydroxyl groups excluding tert-OH is 1. The molecule has 4 rings (SSSR count). The number of rotatable bonds is 7. The topological polar surface area (TPSA) is 110 Å². The first-order valence-electron chi connectivity index (χ1n) is 11.1. The van der Waals surface area contributed by atoms with Gasteiger partial charge in [-0.25, -0.2) is 9.18 Å². The van der Waals surface area contributed by atoms with E-state index in [0.717, 1.165) is 6.42 Å². The van der Waals surface area contributed by atoms with E-state index in [2.05, 4.69) is 15.4 Å². The third kappa shape index (κ3) is 6.17. The lowest BCUT2D eigenvalue weighted by Gasteiger charge is -2.31. The molecule has 0 bridgehead atoms. The number of carbonyl (C=O) groups is 1. The predicted octanol–water partition coefficient (Wildman–Crippen LogP) is 3.73. The summed E-state index contributed by atoms with van der Waals surface area (Å²) in [5, 5.41) is 25.0. The molecule has 9 nitrogen and oxygen atoms in total. The van der Waals surface area contributed by atoms with E-state index in [9.17, 15) is 27.5 Å². The molecule has 1 aromatic heterocycles. The van der Waals surface area contributed by atoms with E-state index in [1.165, 1.54) is 47.1 Å². The fourth-order valence-corrected chi connectivity index (χ4v) is 3.61. The Morgan fingerprint density at radius 1 is 1.22 bits per heavy atom. The highest BCUT2D eigenvalue weighted by Crippen LogP contribution is 2.24. The second-order valence-corrected chi connectivity index (χ2v) is 8.68. The zero-order valence-corrected chi connectivity index (χ0v) is 20.0. The van der Waals surface area contributed by atoms with Crippen LogP contribution in [-0.4, -0.2) is 68.6 Å². The number of nitrogens with one attached hydrogen (secondary N) is 2. The van der Waals surface area contributed by atoms with Crippen LogP contribution in [0.15, 0.2) is 48.5 Å². The second kappa shape index (κ2) is 10.7. The summed E-state index contributed by atoms with van der Waals surface area (Å²) in [6.07, 6.45) is -6.95. The van der Waals surface area contributed by atoms with Crippen molar-refractivity contribution in [2.45, 2.75) is 25.2 Å². The van der Waals surface area contributed by atoms with E-state index in [0.29, 0.717) is 34.6 Å². The summed E-state index contributed by atoms with van der Waals surface area (Å²) in [7, 11) is 0. The molecule has 2 heterocycles. The normalized spacial score (nSPS) is 14.2. The van der Waals surface area contributed by atoms with Crippen molar-refractivity contribution in [2.24, 2.45) is 0 Å². The molecule has 1 aliphatic rings. The Kier molecular flexibility index (Phi) is 7.64. The number of benzene rings is 2. The quantitative estimate of drug-likeness (QED) is 0.241. The highest BCUT2D eigenvalue weighted by Gasteiger charge is 2.41. The molecular formula is C23H22ClF4N7O2. The maximum Gasteiger partial charge on any atom is 0.416 e. The number of halogens is 5. The Balaban J connectivity index is 1.55. The van der Waals surface area contributed by atoms with Gasteiger partial charge < -0.3 is 15.3 Å². The van der Waals surface area contributed by atoms with Crippen LogP contribution in [0.2, 0.25) is 5.02 Å². The number of aromatic nitrogens is 3. The number of carbonyl (C=O) groups excluding carboxylic acids is 1. The maximum absolute atomic E-state index is 13.8. The number of aliphatic hydroxyl groups is 1. The minimum absolute atomic E-state index is 0.113. The first kappa shape index (κ1) is 26.4.